The van der Waals surface area contributed by atoms with Crippen LogP contribution in [-0.2, 0) is 4.84 Å². The lowest BCUT2D eigenvalue weighted by Crippen LogP contribution is -2.45. The molecule has 4 aliphatic rings. The van der Waals surface area contributed by atoms with Crippen molar-refractivity contribution in [3.05, 3.63) is 0 Å². The Hall–Kier alpha value is -1.33. The first-order valence-corrected chi connectivity index (χ1v) is 8.67. The van der Waals surface area contributed by atoms with Gasteiger partial charge in [-0.05, 0) is 43.7 Å². The number of hydroxylamine groups is 1. The van der Waals surface area contributed by atoms with Gasteiger partial charge in [0.05, 0.1) is 32.2 Å². The first-order valence-electron chi connectivity index (χ1n) is 8.67. The molecular weight excluding hydrogens is 266 g/mol. The van der Waals surface area contributed by atoms with E-state index in [1.54, 1.807) is 0 Å². The molecule has 0 spiro atoms. The summed E-state index contributed by atoms with van der Waals surface area (Å²) in [6, 6.07) is 1.76. The summed E-state index contributed by atoms with van der Waals surface area (Å²) in [7, 11) is 0. The van der Waals surface area contributed by atoms with Crippen LogP contribution in [0.4, 0.5) is 0 Å². The van der Waals surface area contributed by atoms with Crippen molar-refractivity contribution < 1.29 is 9.41 Å². The molecule has 6 heteroatoms. The molecule has 2 saturated heterocycles. The third-order valence-electron chi connectivity index (χ3n) is 5.19. The van der Waals surface area contributed by atoms with Gasteiger partial charge in [0.25, 0.3) is 0 Å². The first kappa shape index (κ1) is 13.3. The molecule has 0 radical (unpaired) electrons. The van der Waals surface area contributed by atoms with Crippen molar-refractivity contribution in [1.82, 2.24) is 10.1 Å². The Labute approximate surface area is 126 Å². The van der Waals surface area contributed by atoms with E-state index in [9.17, 15) is 0 Å². The maximum Gasteiger partial charge on any atom is 0.472 e. The minimum absolute atomic E-state index is 0.358. The lowest BCUT2D eigenvalue weighted by molar-refractivity contribution is -0.526. The van der Waals surface area contributed by atoms with Crippen molar-refractivity contribution in [2.24, 2.45) is 10.3 Å². The van der Waals surface area contributed by atoms with Crippen molar-refractivity contribution in [1.29, 1.82) is 0 Å². The maximum atomic E-state index is 6.29. The van der Waals surface area contributed by atoms with E-state index >= 15 is 0 Å². The molecule has 2 unspecified atom stereocenters. The summed E-state index contributed by atoms with van der Waals surface area (Å²) >= 11 is 0. The highest BCUT2D eigenvalue weighted by Crippen LogP contribution is 2.31. The molecule has 3 fully saturated rings. The summed E-state index contributed by atoms with van der Waals surface area (Å²) in [4.78, 5) is 8.69. The molecule has 0 N–H and O–H groups in total. The molecule has 2 atom stereocenters. The van der Waals surface area contributed by atoms with E-state index in [0.29, 0.717) is 12.1 Å². The van der Waals surface area contributed by atoms with Crippen molar-refractivity contribution in [3.8, 4) is 0 Å². The van der Waals surface area contributed by atoms with Crippen molar-refractivity contribution in [2.45, 2.75) is 63.5 Å². The maximum absolute atomic E-state index is 6.29. The van der Waals surface area contributed by atoms with E-state index in [-0.39, 0.29) is 0 Å². The van der Waals surface area contributed by atoms with Gasteiger partial charge in [0.1, 0.15) is 6.04 Å². The van der Waals surface area contributed by atoms with Crippen LogP contribution in [0, 0.1) is 0 Å². The molecule has 0 aromatic heterocycles. The molecule has 6 nitrogen and oxygen atoms in total. The monoisotopic (exact) mass is 292 g/mol. The van der Waals surface area contributed by atoms with Gasteiger partial charge in [-0.3, -0.25) is 4.84 Å². The van der Waals surface area contributed by atoms with Crippen LogP contribution in [0.1, 0.15) is 51.4 Å². The van der Waals surface area contributed by atoms with Crippen molar-refractivity contribution in [2.75, 3.05) is 26.2 Å². The summed E-state index contributed by atoms with van der Waals surface area (Å²) in [6.07, 6.45) is 9.96. The normalized spacial score (nSPS) is 31.9. The Morgan fingerprint density at radius 3 is 2.52 bits per heavy atom. The van der Waals surface area contributed by atoms with E-state index in [1.807, 2.05) is 5.17 Å². The Bertz CT molecular complexity index is 435. The number of rotatable bonds is 1. The van der Waals surface area contributed by atoms with Gasteiger partial charge in [-0.1, -0.05) is 18.0 Å². The molecule has 3 aliphatic heterocycles. The van der Waals surface area contributed by atoms with Gasteiger partial charge in [0, 0.05) is 0 Å². The Kier molecular flexibility index (Phi) is 3.69. The van der Waals surface area contributed by atoms with Gasteiger partial charge >= 0.3 is 6.02 Å². The molecule has 1 aliphatic carbocycles. The fraction of sp³-hybridized carbons (Fsp3) is 0.933. The van der Waals surface area contributed by atoms with E-state index in [2.05, 4.69) is 19.8 Å². The molecule has 0 amide bonds. The van der Waals surface area contributed by atoms with Crippen LogP contribution in [0.5, 0.6) is 0 Å². The number of hydrogen-bond donors (Lipinski definition) is 0. The lowest BCUT2D eigenvalue weighted by Gasteiger charge is -2.28. The van der Waals surface area contributed by atoms with Gasteiger partial charge in [-0.25, -0.2) is 9.48 Å². The van der Waals surface area contributed by atoms with Gasteiger partial charge in [-0.15, -0.1) is 0 Å². The van der Waals surface area contributed by atoms with Gasteiger partial charge in [0.15, 0.2) is 0 Å². The third kappa shape index (κ3) is 2.60. The molecule has 0 aromatic rings. The Morgan fingerprint density at radius 2 is 1.71 bits per heavy atom. The minimum atomic E-state index is 0.358. The SMILES string of the molecule is C1CCC2C(C1)N=NN2OC(N1CCCC1)=[N+]1CCCC1. The lowest BCUT2D eigenvalue weighted by atomic mass is 9.92. The number of likely N-dealkylation sites (tertiary alicyclic amines) is 1. The highest BCUT2D eigenvalue weighted by atomic mass is 16.7. The second-order valence-corrected chi connectivity index (χ2v) is 6.69. The molecule has 0 bridgehead atoms. The summed E-state index contributed by atoms with van der Waals surface area (Å²) in [5, 5.41) is 10.6. The quantitative estimate of drug-likeness (QED) is 0.549. The molecule has 116 valence electrons. The number of amidine groups is 1. The first-order chi connectivity index (χ1) is 10.4. The van der Waals surface area contributed by atoms with Crippen LogP contribution < -0.4 is 0 Å². The van der Waals surface area contributed by atoms with E-state index < -0.39 is 0 Å². The van der Waals surface area contributed by atoms with Crippen LogP contribution in [0.2, 0.25) is 0 Å². The summed E-state index contributed by atoms with van der Waals surface area (Å²) in [6.45, 7) is 4.46. The van der Waals surface area contributed by atoms with Crippen LogP contribution in [-0.4, -0.2) is 58.9 Å². The molecular formula is C15H26N5O+. The van der Waals surface area contributed by atoms with Crippen molar-refractivity contribution in [3.63, 3.8) is 0 Å². The van der Waals surface area contributed by atoms with Crippen molar-refractivity contribution >= 4 is 6.02 Å². The fourth-order valence-corrected chi connectivity index (χ4v) is 3.97. The Morgan fingerprint density at radius 1 is 0.952 bits per heavy atom. The van der Waals surface area contributed by atoms with Crippen LogP contribution in [0.25, 0.3) is 0 Å². The zero-order valence-corrected chi connectivity index (χ0v) is 12.8. The zero-order chi connectivity index (χ0) is 14.1. The minimum Gasteiger partial charge on any atom is -0.283 e. The summed E-state index contributed by atoms with van der Waals surface area (Å²) in [5.74, 6) is 0. The summed E-state index contributed by atoms with van der Waals surface area (Å²) in [5.41, 5.74) is 0. The largest absolute Gasteiger partial charge is 0.472 e. The molecule has 21 heavy (non-hydrogen) atoms. The second kappa shape index (κ2) is 5.81. The zero-order valence-electron chi connectivity index (χ0n) is 12.8. The van der Waals surface area contributed by atoms with Gasteiger partial charge in [0.2, 0.25) is 0 Å². The average molecular weight is 292 g/mol. The van der Waals surface area contributed by atoms with E-state index in [0.717, 1.165) is 45.0 Å². The second-order valence-electron chi connectivity index (χ2n) is 6.69. The average Bonchev–Trinajstić information content (AvgIpc) is 3.26. The third-order valence-corrected chi connectivity index (χ3v) is 5.19. The molecule has 4 rings (SSSR count). The standard InChI is InChI=1S/C15H26N5O/c1-2-8-14-13(7-1)16-17-20(14)21-15(18-9-3-4-10-18)19-11-5-6-12-19/h13-14H,1-12H2/q+1. The topological polar surface area (TPSA) is 43.4 Å². The van der Waals surface area contributed by atoms with Gasteiger partial charge in [-0.2, -0.15) is 5.11 Å². The molecule has 3 heterocycles. The number of fused-ring (bicyclic) bond motifs is 1. The molecule has 1 saturated carbocycles. The highest BCUT2D eigenvalue weighted by molar-refractivity contribution is 5.68. The van der Waals surface area contributed by atoms with Crippen LogP contribution in [0.15, 0.2) is 10.3 Å². The van der Waals surface area contributed by atoms with E-state index in [1.165, 1.54) is 38.5 Å². The van der Waals surface area contributed by atoms with Gasteiger partial charge < -0.3 is 0 Å². The van der Waals surface area contributed by atoms with E-state index in [4.69, 9.17) is 4.84 Å². The summed E-state index contributed by atoms with van der Waals surface area (Å²) < 4.78 is 2.40. The number of hydrogen-bond acceptors (Lipinski definition) is 4. The fourth-order valence-electron chi connectivity index (χ4n) is 3.97. The highest BCUT2D eigenvalue weighted by Gasteiger charge is 2.40. The number of nitrogens with zero attached hydrogens (tertiary/aromatic N) is 5. The predicted molar refractivity (Wildman–Crippen MR) is 78.9 cm³/mol. The smallest absolute Gasteiger partial charge is 0.283 e. The van der Waals surface area contributed by atoms with Crippen LogP contribution >= 0.6 is 0 Å². The Balaban J connectivity index is 1.52. The predicted octanol–water partition coefficient (Wildman–Crippen LogP) is 2.17. The van der Waals surface area contributed by atoms with Crippen LogP contribution in [0.3, 0.4) is 0 Å². The molecule has 0 aromatic carbocycles.